The Morgan fingerprint density at radius 1 is 0.879 bits per heavy atom. The van der Waals surface area contributed by atoms with Gasteiger partial charge in [0, 0.05) is 57.2 Å². The molecule has 0 saturated carbocycles. The lowest BCUT2D eigenvalue weighted by molar-refractivity contribution is 0.0951. The van der Waals surface area contributed by atoms with E-state index in [9.17, 15) is 13.2 Å². The van der Waals surface area contributed by atoms with Crippen molar-refractivity contribution >= 4 is 15.9 Å². The van der Waals surface area contributed by atoms with Gasteiger partial charge in [0.1, 0.15) is 0 Å². The van der Waals surface area contributed by atoms with Crippen LogP contribution in [0.5, 0.6) is 0 Å². The van der Waals surface area contributed by atoms with E-state index in [2.05, 4.69) is 15.2 Å². The third-order valence-electron chi connectivity index (χ3n) is 5.81. The summed E-state index contributed by atoms with van der Waals surface area (Å²) in [5.41, 5.74) is 3.74. The summed E-state index contributed by atoms with van der Waals surface area (Å²) in [4.78, 5) is 18.9. The minimum absolute atomic E-state index is 0.117. The molecule has 0 spiro atoms. The molecular weight excluding hydrogens is 436 g/mol. The van der Waals surface area contributed by atoms with Crippen LogP contribution in [0.2, 0.25) is 0 Å². The fourth-order valence-corrected chi connectivity index (χ4v) is 5.21. The number of sulfonamides is 1. The van der Waals surface area contributed by atoms with E-state index in [0.717, 1.165) is 23.2 Å². The molecule has 7 nitrogen and oxygen atoms in total. The van der Waals surface area contributed by atoms with Gasteiger partial charge in [0.15, 0.2) is 0 Å². The number of aromatic nitrogens is 1. The van der Waals surface area contributed by atoms with Gasteiger partial charge in [-0.15, -0.1) is 0 Å². The van der Waals surface area contributed by atoms with Crippen molar-refractivity contribution in [2.75, 3.05) is 26.2 Å². The van der Waals surface area contributed by atoms with Crippen LogP contribution in [-0.2, 0) is 23.1 Å². The highest BCUT2D eigenvalue weighted by molar-refractivity contribution is 7.89. The first-order chi connectivity index (χ1) is 15.9. The van der Waals surface area contributed by atoms with Crippen molar-refractivity contribution in [3.8, 4) is 0 Å². The van der Waals surface area contributed by atoms with Gasteiger partial charge in [-0.05, 0) is 54.4 Å². The number of carbonyl (C=O) groups is 1. The topological polar surface area (TPSA) is 82.6 Å². The van der Waals surface area contributed by atoms with Gasteiger partial charge < -0.3 is 5.32 Å². The fourth-order valence-electron chi connectivity index (χ4n) is 3.79. The van der Waals surface area contributed by atoms with Crippen LogP contribution in [0, 0.1) is 6.92 Å². The van der Waals surface area contributed by atoms with Crippen molar-refractivity contribution < 1.29 is 13.2 Å². The molecule has 1 amide bonds. The molecular formula is C25H28N4O3S. The summed E-state index contributed by atoms with van der Waals surface area (Å²) in [6.45, 7) is 5.38. The lowest BCUT2D eigenvalue weighted by Gasteiger charge is -2.34. The van der Waals surface area contributed by atoms with Crippen LogP contribution in [0.15, 0.2) is 78.0 Å². The predicted octanol–water partition coefficient (Wildman–Crippen LogP) is 2.83. The Morgan fingerprint density at radius 3 is 2.15 bits per heavy atom. The van der Waals surface area contributed by atoms with Crippen LogP contribution in [0.1, 0.15) is 27.0 Å². The largest absolute Gasteiger partial charge is 0.348 e. The number of hydrogen-bond acceptors (Lipinski definition) is 5. The van der Waals surface area contributed by atoms with Gasteiger partial charge in [-0.2, -0.15) is 4.31 Å². The summed E-state index contributed by atoms with van der Waals surface area (Å²) in [6, 6.07) is 18.3. The number of carbonyl (C=O) groups excluding carboxylic acids is 1. The zero-order valence-electron chi connectivity index (χ0n) is 18.6. The number of aryl methyl sites for hydroxylation is 1. The van der Waals surface area contributed by atoms with E-state index in [1.165, 1.54) is 0 Å². The van der Waals surface area contributed by atoms with Crippen molar-refractivity contribution in [1.29, 1.82) is 0 Å². The summed E-state index contributed by atoms with van der Waals surface area (Å²) in [6.07, 6.45) is 3.40. The maximum atomic E-state index is 12.9. The maximum Gasteiger partial charge on any atom is 0.251 e. The Kier molecular flexibility index (Phi) is 7.17. The predicted molar refractivity (Wildman–Crippen MR) is 127 cm³/mol. The number of benzene rings is 2. The maximum absolute atomic E-state index is 12.9. The van der Waals surface area contributed by atoms with E-state index < -0.39 is 10.0 Å². The van der Waals surface area contributed by atoms with Gasteiger partial charge in [-0.25, -0.2) is 8.42 Å². The first-order valence-electron chi connectivity index (χ1n) is 11.0. The number of rotatable bonds is 7. The van der Waals surface area contributed by atoms with Crippen LogP contribution in [0.25, 0.3) is 0 Å². The molecule has 1 N–H and O–H groups in total. The van der Waals surface area contributed by atoms with Gasteiger partial charge in [0.05, 0.1) is 4.90 Å². The standard InChI is InChI=1S/C25H28N4O3S/c1-20-2-8-24(9-3-20)33(31,32)29-16-14-28(15-17-29)19-22-4-6-23(7-5-22)25(30)27-18-21-10-12-26-13-11-21/h2-13H,14-19H2,1H3,(H,27,30). The van der Waals surface area contributed by atoms with Gasteiger partial charge in [-0.1, -0.05) is 29.8 Å². The molecule has 1 aliphatic heterocycles. The lowest BCUT2D eigenvalue weighted by atomic mass is 10.1. The molecule has 33 heavy (non-hydrogen) atoms. The molecule has 2 aromatic carbocycles. The van der Waals surface area contributed by atoms with Gasteiger partial charge in [0.2, 0.25) is 10.0 Å². The number of piperazine rings is 1. The van der Waals surface area contributed by atoms with Crippen molar-refractivity contribution in [2.24, 2.45) is 0 Å². The second-order valence-corrected chi connectivity index (χ2v) is 10.2. The minimum Gasteiger partial charge on any atom is -0.348 e. The first kappa shape index (κ1) is 23.1. The van der Waals surface area contributed by atoms with E-state index in [4.69, 9.17) is 0 Å². The van der Waals surface area contributed by atoms with Crippen LogP contribution >= 0.6 is 0 Å². The molecule has 0 bridgehead atoms. The average Bonchev–Trinajstić information content (AvgIpc) is 2.84. The van der Waals surface area contributed by atoms with E-state index in [0.29, 0.717) is 43.2 Å². The van der Waals surface area contributed by atoms with E-state index in [1.807, 2.05) is 55.5 Å². The molecule has 2 heterocycles. The van der Waals surface area contributed by atoms with E-state index in [1.54, 1.807) is 28.8 Å². The number of pyridine rings is 1. The third-order valence-corrected chi connectivity index (χ3v) is 7.73. The first-order valence-corrected chi connectivity index (χ1v) is 12.4. The van der Waals surface area contributed by atoms with Crippen LogP contribution < -0.4 is 5.32 Å². The van der Waals surface area contributed by atoms with E-state index >= 15 is 0 Å². The molecule has 0 radical (unpaired) electrons. The van der Waals surface area contributed by atoms with E-state index in [-0.39, 0.29) is 5.91 Å². The van der Waals surface area contributed by atoms with Gasteiger partial charge >= 0.3 is 0 Å². The minimum atomic E-state index is -3.46. The zero-order valence-corrected chi connectivity index (χ0v) is 19.5. The zero-order chi connectivity index (χ0) is 23.3. The Hall–Kier alpha value is -3.07. The molecule has 1 aromatic heterocycles. The molecule has 1 aliphatic rings. The lowest BCUT2D eigenvalue weighted by Crippen LogP contribution is -2.48. The highest BCUT2D eigenvalue weighted by atomic mass is 32.2. The molecule has 8 heteroatoms. The van der Waals surface area contributed by atoms with Gasteiger partial charge in [0.25, 0.3) is 5.91 Å². The number of nitrogens with zero attached hydrogens (tertiary/aromatic N) is 3. The Labute approximate surface area is 195 Å². The molecule has 172 valence electrons. The molecule has 0 aliphatic carbocycles. The normalized spacial score (nSPS) is 15.3. The SMILES string of the molecule is Cc1ccc(S(=O)(=O)N2CCN(Cc3ccc(C(=O)NCc4ccncc4)cc3)CC2)cc1. The highest BCUT2D eigenvalue weighted by Crippen LogP contribution is 2.19. The van der Waals surface area contributed by atoms with Crippen molar-refractivity contribution in [3.05, 3.63) is 95.3 Å². The number of amides is 1. The second kappa shape index (κ2) is 10.2. The average molecular weight is 465 g/mol. The highest BCUT2D eigenvalue weighted by Gasteiger charge is 2.28. The molecule has 1 fully saturated rings. The third kappa shape index (κ3) is 5.84. The molecule has 1 saturated heterocycles. The summed E-state index contributed by atoms with van der Waals surface area (Å²) in [5.74, 6) is -0.117. The number of nitrogens with one attached hydrogen (secondary N) is 1. The van der Waals surface area contributed by atoms with Crippen LogP contribution in [0.3, 0.4) is 0 Å². The van der Waals surface area contributed by atoms with Crippen LogP contribution in [0.4, 0.5) is 0 Å². The smallest absolute Gasteiger partial charge is 0.251 e. The Morgan fingerprint density at radius 2 is 1.52 bits per heavy atom. The quantitative estimate of drug-likeness (QED) is 0.581. The van der Waals surface area contributed by atoms with Crippen molar-refractivity contribution in [1.82, 2.24) is 19.5 Å². The second-order valence-electron chi connectivity index (χ2n) is 8.23. The summed E-state index contributed by atoms with van der Waals surface area (Å²) in [5, 5.41) is 2.91. The summed E-state index contributed by atoms with van der Waals surface area (Å²) in [7, 11) is -3.46. The number of hydrogen-bond donors (Lipinski definition) is 1. The van der Waals surface area contributed by atoms with Gasteiger partial charge in [-0.3, -0.25) is 14.7 Å². The Balaban J connectivity index is 1.28. The molecule has 0 atom stereocenters. The fraction of sp³-hybridized carbons (Fsp3) is 0.280. The molecule has 3 aromatic rings. The molecule has 4 rings (SSSR count). The summed E-state index contributed by atoms with van der Waals surface area (Å²) >= 11 is 0. The monoisotopic (exact) mass is 464 g/mol. The van der Waals surface area contributed by atoms with Crippen molar-refractivity contribution in [3.63, 3.8) is 0 Å². The van der Waals surface area contributed by atoms with Crippen LogP contribution in [-0.4, -0.2) is 54.7 Å². The van der Waals surface area contributed by atoms with Crippen molar-refractivity contribution in [2.45, 2.75) is 24.9 Å². The molecule has 0 unspecified atom stereocenters. The summed E-state index contributed by atoms with van der Waals surface area (Å²) < 4.78 is 27.3. The Bertz CT molecular complexity index is 1170.